The van der Waals surface area contributed by atoms with Crippen LogP contribution in [0.2, 0.25) is 0 Å². The fourth-order valence-corrected chi connectivity index (χ4v) is 5.10. The van der Waals surface area contributed by atoms with E-state index in [0.29, 0.717) is 48.6 Å². The smallest absolute Gasteiger partial charge is 0.251 e. The third-order valence-corrected chi connectivity index (χ3v) is 7.34. The highest BCUT2D eigenvalue weighted by molar-refractivity contribution is 5.96. The zero-order valence-electron chi connectivity index (χ0n) is 22.0. The predicted molar refractivity (Wildman–Crippen MR) is 149 cm³/mol. The van der Waals surface area contributed by atoms with Crippen molar-refractivity contribution in [2.45, 2.75) is 52.1 Å². The van der Waals surface area contributed by atoms with Crippen molar-refractivity contribution in [2.75, 3.05) is 30.8 Å². The number of nitrogens with one attached hydrogen (secondary N) is 2. The molecule has 3 aliphatic rings. The monoisotopic (exact) mass is 515 g/mol. The number of rotatable bonds is 3. The Hall–Kier alpha value is -3.65. The third kappa shape index (κ3) is 6.61. The van der Waals surface area contributed by atoms with Crippen LogP contribution in [0.3, 0.4) is 0 Å². The number of anilines is 3. The van der Waals surface area contributed by atoms with Crippen LogP contribution in [0.5, 0.6) is 5.75 Å². The molecule has 4 N–H and O–H groups in total. The minimum atomic E-state index is -0.143. The summed E-state index contributed by atoms with van der Waals surface area (Å²) in [5.74, 6) is 2.07. The molecule has 1 aromatic heterocycles. The second-order valence-corrected chi connectivity index (χ2v) is 10.5. The lowest BCUT2D eigenvalue weighted by Crippen LogP contribution is -2.26. The first-order valence-electron chi connectivity index (χ1n) is 13.7. The number of ether oxygens (including phenoxy) is 2. The van der Waals surface area contributed by atoms with E-state index in [2.05, 4.69) is 33.6 Å². The van der Waals surface area contributed by atoms with E-state index in [1.165, 1.54) is 32.1 Å². The quantitative estimate of drug-likeness (QED) is 0.383. The number of amides is 1. The highest BCUT2D eigenvalue weighted by Crippen LogP contribution is 2.30. The molecule has 3 heterocycles. The number of carbonyl (C=O) groups excluding carboxylic acids is 1. The first kappa shape index (κ1) is 26.0. The van der Waals surface area contributed by atoms with Gasteiger partial charge in [0.05, 0.1) is 18.9 Å². The largest absolute Gasteiger partial charge is 0.493 e. The number of fused-ring (bicyclic) bond motifs is 9. The molecule has 1 amide bonds. The Morgan fingerprint density at radius 1 is 1.08 bits per heavy atom. The lowest BCUT2D eigenvalue weighted by Gasteiger charge is -2.23. The molecule has 8 heteroatoms. The summed E-state index contributed by atoms with van der Waals surface area (Å²) in [7, 11) is 0. The molecular weight excluding hydrogens is 478 g/mol. The van der Waals surface area contributed by atoms with Gasteiger partial charge in [-0.2, -0.15) is 0 Å². The third-order valence-electron chi connectivity index (χ3n) is 7.34. The van der Waals surface area contributed by atoms with Gasteiger partial charge in [-0.3, -0.25) is 4.79 Å². The lowest BCUT2D eigenvalue weighted by molar-refractivity contribution is 0.0846. The summed E-state index contributed by atoms with van der Waals surface area (Å²) in [4.78, 5) is 21.7. The van der Waals surface area contributed by atoms with Gasteiger partial charge in [-0.1, -0.05) is 26.2 Å². The molecule has 38 heavy (non-hydrogen) atoms. The Labute approximate surface area is 224 Å². The van der Waals surface area contributed by atoms with Crippen molar-refractivity contribution in [1.82, 2.24) is 15.3 Å². The Morgan fingerprint density at radius 2 is 1.95 bits per heavy atom. The molecule has 3 aromatic rings. The fourth-order valence-electron chi connectivity index (χ4n) is 5.10. The lowest BCUT2D eigenvalue weighted by atomic mass is 9.90. The molecule has 0 radical (unpaired) electrons. The molecule has 1 aliphatic carbocycles. The van der Waals surface area contributed by atoms with Crippen LogP contribution in [0.15, 0.2) is 48.7 Å². The number of aromatic nitrogens is 2. The summed E-state index contributed by atoms with van der Waals surface area (Å²) in [6, 6.07) is 13.1. The van der Waals surface area contributed by atoms with E-state index in [1.807, 2.05) is 24.3 Å². The maximum atomic E-state index is 12.7. The topological polar surface area (TPSA) is 111 Å². The van der Waals surface area contributed by atoms with Crippen molar-refractivity contribution in [3.05, 3.63) is 59.8 Å². The van der Waals surface area contributed by atoms with Gasteiger partial charge in [0.1, 0.15) is 5.75 Å². The summed E-state index contributed by atoms with van der Waals surface area (Å²) in [5.41, 5.74) is 10.6. The molecule has 6 bridgehead atoms. The minimum absolute atomic E-state index is 0.143. The van der Waals surface area contributed by atoms with Gasteiger partial charge in [0, 0.05) is 47.4 Å². The second-order valence-electron chi connectivity index (χ2n) is 10.5. The van der Waals surface area contributed by atoms with Crippen LogP contribution in [-0.2, 0) is 11.3 Å². The van der Waals surface area contributed by atoms with Crippen LogP contribution in [-0.4, -0.2) is 35.6 Å². The molecule has 6 rings (SSSR count). The van der Waals surface area contributed by atoms with Gasteiger partial charge in [0.25, 0.3) is 5.91 Å². The molecule has 8 nitrogen and oxygen atoms in total. The van der Waals surface area contributed by atoms with E-state index in [9.17, 15) is 4.79 Å². The minimum Gasteiger partial charge on any atom is -0.493 e. The average molecular weight is 516 g/mol. The number of hydrogen-bond donors (Lipinski definition) is 3. The molecule has 0 spiro atoms. The van der Waals surface area contributed by atoms with Crippen molar-refractivity contribution in [2.24, 2.45) is 11.8 Å². The zero-order valence-corrected chi connectivity index (χ0v) is 22.0. The predicted octanol–water partition coefficient (Wildman–Crippen LogP) is 5.71. The van der Waals surface area contributed by atoms with E-state index < -0.39 is 0 Å². The number of carbonyl (C=O) groups is 1. The molecule has 0 saturated heterocycles. The maximum Gasteiger partial charge on any atom is 0.251 e. The molecule has 1 fully saturated rings. The van der Waals surface area contributed by atoms with Gasteiger partial charge in [0.2, 0.25) is 5.95 Å². The van der Waals surface area contributed by atoms with E-state index in [-0.39, 0.29) is 11.8 Å². The van der Waals surface area contributed by atoms with Gasteiger partial charge in [-0.25, -0.2) is 9.97 Å². The van der Waals surface area contributed by atoms with Crippen molar-refractivity contribution < 1.29 is 14.3 Å². The fraction of sp³-hybridized carbons (Fsp3) is 0.433. The summed E-state index contributed by atoms with van der Waals surface area (Å²) >= 11 is 0. The Bertz CT molecular complexity index is 1260. The summed E-state index contributed by atoms with van der Waals surface area (Å²) < 4.78 is 12.4. The average Bonchev–Trinajstić information content (AvgIpc) is 2.93. The van der Waals surface area contributed by atoms with E-state index in [0.717, 1.165) is 35.6 Å². The van der Waals surface area contributed by atoms with Crippen molar-refractivity contribution >= 4 is 23.2 Å². The Balaban J connectivity index is 1.41. The summed E-state index contributed by atoms with van der Waals surface area (Å²) in [5, 5.41) is 6.31. The molecule has 1 saturated carbocycles. The highest BCUT2D eigenvalue weighted by Gasteiger charge is 2.17. The number of nitrogen functional groups attached to an aromatic ring is 1. The van der Waals surface area contributed by atoms with Crippen molar-refractivity contribution in [3.63, 3.8) is 0 Å². The van der Waals surface area contributed by atoms with Gasteiger partial charge < -0.3 is 25.8 Å². The molecule has 1 unspecified atom stereocenters. The van der Waals surface area contributed by atoms with Gasteiger partial charge in [0.15, 0.2) is 0 Å². The highest BCUT2D eigenvalue weighted by atomic mass is 16.5. The summed E-state index contributed by atoms with van der Waals surface area (Å²) in [6.07, 6.45) is 8.90. The van der Waals surface area contributed by atoms with Crippen LogP contribution in [0.25, 0.3) is 11.3 Å². The second kappa shape index (κ2) is 12.3. The van der Waals surface area contributed by atoms with Crippen molar-refractivity contribution in [3.8, 4) is 17.0 Å². The van der Waals surface area contributed by atoms with E-state index in [4.69, 9.17) is 15.2 Å². The van der Waals surface area contributed by atoms with Crippen LogP contribution >= 0.6 is 0 Å². The first-order chi connectivity index (χ1) is 18.5. The molecule has 2 aliphatic heterocycles. The first-order valence-corrected chi connectivity index (χ1v) is 13.7. The van der Waals surface area contributed by atoms with E-state index in [1.54, 1.807) is 18.3 Å². The van der Waals surface area contributed by atoms with Crippen LogP contribution in [0.4, 0.5) is 17.3 Å². The zero-order chi connectivity index (χ0) is 26.3. The van der Waals surface area contributed by atoms with Gasteiger partial charge in [-0.15, -0.1) is 0 Å². The Kier molecular flexibility index (Phi) is 8.38. The summed E-state index contributed by atoms with van der Waals surface area (Å²) in [6.45, 7) is 4.45. The van der Waals surface area contributed by atoms with E-state index >= 15 is 0 Å². The van der Waals surface area contributed by atoms with Crippen LogP contribution in [0, 0.1) is 11.8 Å². The SMILES string of the molecule is CC1CCNC(=O)c2ccc(c(N)c2)-c2ccnc(n2)Nc2ccc(OCC3CCCCC3)c(c2)COC1. The normalized spacial score (nSPS) is 19.0. The number of hydrogen-bond acceptors (Lipinski definition) is 7. The van der Waals surface area contributed by atoms with Gasteiger partial charge in [-0.05, 0) is 73.6 Å². The molecule has 1 atom stereocenters. The molecule has 2 aromatic carbocycles. The number of benzene rings is 2. The molecule has 200 valence electrons. The van der Waals surface area contributed by atoms with Crippen LogP contribution < -0.4 is 21.1 Å². The number of nitrogens with two attached hydrogens (primary N) is 1. The van der Waals surface area contributed by atoms with Crippen molar-refractivity contribution in [1.29, 1.82) is 0 Å². The maximum absolute atomic E-state index is 12.7. The Morgan fingerprint density at radius 3 is 2.79 bits per heavy atom. The van der Waals surface area contributed by atoms with Gasteiger partial charge >= 0.3 is 0 Å². The number of nitrogens with zero attached hydrogens (tertiary/aromatic N) is 2. The van der Waals surface area contributed by atoms with Crippen LogP contribution in [0.1, 0.15) is 61.4 Å². The molecular formula is C30H37N5O3. The standard InChI is InChI=1S/C30H37N5O3/c1-20-11-13-32-29(36)22-7-9-25(26(31)16-22)27-12-14-33-30(35-27)34-24-8-10-28(23(15-24)19-37-17-20)38-18-21-5-3-2-4-6-21/h7-10,12,14-16,20-21H,2-6,11,13,17-19,31H2,1H3,(H,32,36)(H,33,34,35).